The molecule has 6 nitrogen and oxygen atoms in total. The van der Waals surface area contributed by atoms with Gasteiger partial charge < -0.3 is 15.2 Å². The van der Waals surface area contributed by atoms with E-state index in [1.54, 1.807) is 31.8 Å². The lowest BCUT2D eigenvalue weighted by molar-refractivity contribution is 0.789. The fraction of sp³-hybridized carbons (Fsp3) is 0.211. The first-order chi connectivity index (χ1) is 12.8. The Morgan fingerprint density at radius 1 is 1.19 bits per heavy atom. The van der Waals surface area contributed by atoms with Gasteiger partial charge in [0.25, 0.3) is 0 Å². The predicted octanol–water partition coefficient (Wildman–Crippen LogP) is 3.45. The van der Waals surface area contributed by atoms with Crippen molar-refractivity contribution in [2.45, 2.75) is 13.0 Å². The number of imidazole rings is 1. The van der Waals surface area contributed by atoms with Crippen molar-refractivity contribution in [3.8, 4) is 5.69 Å². The van der Waals surface area contributed by atoms with Crippen molar-refractivity contribution in [2.75, 3.05) is 13.6 Å². The van der Waals surface area contributed by atoms with Gasteiger partial charge in [-0.25, -0.2) is 9.97 Å². The van der Waals surface area contributed by atoms with Crippen molar-refractivity contribution < 1.29 is 0 Å². The lowest BCUT2D eigenvalue weighted by atomic mass is 10.1. The summed E-state index contributed by atoms with van der Waals surface area (Å²) >= 11 is 5.81. The standard InChI is InChI=1S/C19H21ClN6.HI/c1-21-19(23-9-8-15-6-7-18(20)24-12-15)25-13-16-4-2-3-5-17(16)26-11-10-22-14-26;/h2-7,10-12,14H,8-9,13H2,1H3,(H2,21,23,25);1H. The number of para-hydroxylation sites is 1. The van der Waals surface area contributed by atoms with Gasteiger partial charge in [0.2, 0.25) is 0 Å². The molecule has 2 N–H and O–H groups in total. The average Bonchev–Trinajstić information content (AvgIpc) is 3.21. The molecule has 3 aromatic rings. The molecule has 0 fully saturated rings. The lowest BCUT2D eigenvalue weighted by Gasteiger charge is -2.14. The maximum absolute atomic E-state index is 5.81. The zero-order chi connectivity index (χ0) is 18.2. The highest BCUT2D eigenvalue weighted by Gasteiger charge is 2.05. The van der Waals surface area contributed by atoms with Gasteiger partial charge in [0, 0.05) is 38.7 Å². The molecule has 2 aromatic heterocycles. The minimum atomic E-state index is 0. The highest BCUT2D eigenvalue weighted by atomic mass is 127. The SMILES string of the molecule is CN=C(NCCc1ccc(Cl)nc1)NCc1ccccc1-n1ccnc1.I. The van der Waals surface area contributed by atoms with Crippen LogP contribution in [0.25, 0.3) is 5.69 Å². The van der Waals surface area contributed by atoms with Crippen LogP contribution >= 0.6 is 35.6 Å². The second-order valence-corrected chi connectivity index (χ2v) is 6.08. The second kappa shape index (κ2) is 10.9. The molecule has 0 aliphatic carbocycles. The van der Waals surface area contributed by atoms with E-state index in [1.807, 2.05) is 29.0 Å². The van der Waals surface area contributed by atoms with E-state index in [0.717, 1.165) is 35.7 Å². The number of aliphatic imine (C=N–C) groups is 1. The number of nitrogens with one attached hydrogen (secondary N) is 2. The van der Waals surface area contributed by atoms with Crippen molar-refractivity contribution in [2.24, 2.45) is 4.99 Å². The summed E-state index contributed by atoms with van der Waals surface area (Å²) < 4.78 is 2.00. The number of rotatable bonds is 6. The van der Waals surface area contributed by atoms with Crippen LogP contribution in [0.2, 0.25) is 5.15 Å². The summed E-state index contributed by atoms with van der Waals surface area (Å²) in [7, 11) is 1.76. The topological polar surface area (TPSA) is 67.1 Å². The molecule has 0 saturated heterocycles. The van der Waals surface area contributed by atoms with E-state index in [-0.39, 0.29) is 24.0 Å². The van der Waals surface area contributed by atoms with Crippen LogP contribution < -0.4 is 10.6 Å². The first-order valence-corrected chi connectivity index (χ1v) is 8.75. The number of aromatic nitrogens is 3. The Morgan fingerprint density at radius 3 is 2.74 bits per heavy atom. The molecule has 3 rings (SSSR count). The number of hydrogen-bond acceptors (Lipinski definition) is 3. The quantitative estimate of drug-likeness (QED) is 0.237. The van der Waals surface area contributed by atoms with Crippen LogP contribution in [0.4, 0.5) is 0 Å². The largest absolute Gasteiger partial charge is 0.356 e. The molecule has 0 saturated carbocycles. The first kappa shape index (κ1) is 21.2. The first-order valence-electron chi connectivity index (χ1n) is 8.37. The van der Waals surface area contributed by atoms with Gasteiger partial charge in [-0.05, 0) is 29.7 Å². The smallest absolute Gasteiger partial charge is 0.191 e. The molecule has 0 aliphatic rings. The Hall–Kier alpha value is -2.13. The van der Waals surface area contributed by atoms with Crippen molar-refractivity contribution in [1.29, 1.82) is 0 Å². The fourth-order valence-corrected chi connectivity index (χ4v) is 2.70. The summed E-state index contributed by atoms with van der Waals surface area (Å²) in [6.45, 7) is 1.42. The van der Waals surface area contributed by atoms with Gasteiger partial charge in [0.15, 0.2) is 5.96 Å². The van der Waals surface area contributed by atoms with Crippen molar-refractivity contribution >= 4 is 41.5 Å². The normalized spacial score (nSPS) is 11.0. The molecule has 0 atom stereocenters. The van der Waals surface area contributed by atoms with Crippen LogP contribution in [-0.4, -0.2) is 34.1 Å². The summed E-state index contributed by atoms with van der Waals surface area (Å²) in [5, 5.41) is 7.18. The monoisotopic (exact) mass is 496 g/mol. The molecule has 2 heterocycles. The third-order valence-corrected chi connectivity index (χ3v) is 4.16. The average molecular weight is 497 g/mol. The van der Waals surface area contributed by atoms with E-state index in [1.165, 1.54) is 0 Å². The molecule has 27 heavy (non-hydrogen) atoms. The highest BCUT2D eigenvalue weighted by Crippen LogP contribution is 2.13. The van der Waals surface area contributed by atoms with Gasteiger partial charge in [-0.1, -0.05) is 35.9 Å². The molecular weight excluding hydrogens is 475 g/mol. The molecule has 0 unspecified atom stereocenters. The van der Waals surface area contributed by atoms with Crippen LogP contribution in [0.15, 0.2) is 66.3 Å². The zero-order valence-corrected chi connectivity index (χ0v) is 18.1. The van der Waals surface area contributed by atoms with Crippen LogP contribution in [0.3, 0.4) is 0 Å². The van der Waals surface area contributed by atoms with Gasteiger partial charge in [-0.3, -0.25) is 4.99 Å². The van der Waals surface area contributed by atoms with E-state index < -0.39 is 0 Å². The third kappa shape index (κ3) is 6.21. The molecular formula is C19H22ClIN6. The molecule has 0 bridgehead atoms. The molecule has 0 aliphatic heterocycles. The molecule has 0 amide bonds. The van der Waals surface area contributed by atoms with Gasteiger partial charge in [0.05, 0.1) is 12.0 Å². The van der Waals surface area contributed by atoms with Gasteiger partial charge in [-0.2, -0.15) is 0 Å². The van der Waals surface area contributed by atoms with Gasteiger partial charge in [-0.15, -0.1) is 24.0 Å². The number of nitrogens with zero attached hydrogens (tertiary/aromatic N) is 4. The number of benzene rings is 1. The molecule has 0 radical (unpaired) electrons. The summed E-state index contributed by atoms with van der Waals surface area (Å²) in [5.41, 5.74) is 3.39. The van der Waals surface area contributed by atoms with E-state index in [2.05, 4.69) is 37.7 Å². The molecule has 8 heteroatoms. The number of halogens is 2. The number of pyridine rings is 1. The third-order valence-electron chi connectivity index (χ3n) is 3.94. The fourth-order valence-electron chi connectivity index (χ4n) is 2.59. The summed E-state index contributed by atoms with van der Waals surface area (Å²) in [4.78, 5) is 12.5. The van der Waals surface area contributed by atoms with E-state index >= 15 is 0 Å². The van der Waals surface area contributed by atoms with Crippen molar-refractivity contribution in [3.63, 3.8) is 0 Å². The maximum Gasteiger partial charge on any atom is 0.191 e. The summed E-state index contributed by atoms with van der Waals surface area (Å²) in [6.07, 6.45) is 8.15. The van der Waals surface area contributed by atoms with Crippen LogP contribution in [0, 0.1) is 0 Å². The highest BCUT2D eigenvalue weighted by molar-refractivity contribution is 14.0. The van der Waals surface area contributed by atoms with Gasteiger partial charge >= 0.3 is 0 Å². The molecule has 0 spiro atoms. The zero-order valence-electron chi connectivity index (χ0n) is 15.0. The summed E-state index contributed by atoms with van der Waals surface area (Å²) in [5.74, 6) is 0.757. The van der Waals surface area contributed by atoms with Crippen LogP contribution in [0.1, 0.15) is 11.1 Å². The maximum atomic E-state index is 5.81. The molecule has 142 valence electrons. The lowest BCUT2D eigenvalue weighted by Crippen LogP contribution is -2.38. The van der Waals surface area contributed by atoms with Crippen molar-refractivity contribution in [1.82, 2.24) is 25.2 Å². The van der Waals surface area contributed by atoms with Crippen LogP contribution in [-0.2, 0) is 13.0 Å². The summed E-state index contributed by atoms with van der Waals surface area (Å²) in [6, 6.07) is 12.0. The van der Waals surface area contributed by atoms with E-state index in [4.69, 9.17) is 11.6 Å². The minimum absolute atomic E-state index is 0. The Labute approximate surface area is 181 Å². The Morgan fingerprint density at radius 2 is 2.04 bits per heavy atom. The van der Waals surface area contributed by atoms with Crippen molar-refractivity contribution in [3.05, 3.63) is 77.6 Å². The number of guanidine groups is 1. The van der Waals surface area contributed by atoms with Crippen LogP contribution in [0.5, 0.6) is 0 Å². The van der Waals surface area contributed by atoms with E-state index in [0.29, 0.717) is 11.7 Å². The Kier molecular flexibility index (Phi) is 8.53. The minimum Gasteiger partial charge on any atom is -0.356 e. The predicted molar refractivity (Wildman–Crippen MR) is 120 cm³/mol. The van der Waals surface area contributed by atoms with E-state index in [9.17, 15) is 0 Å². The Bertz CT molecular complexity index is 849. The molecule has 1 aromatic carbocycles. The second-order valence-electron chi connectivity index (χ2n) is 5.69. The number of hydrogen-bond donors (Lipinski definition) is 2. The Balaban J connectivity index is 0.00000261. The van der Waals surface area contributed by atoms with Gasteiger partial charge in [0.1, 0.15) is 5.15 Å².